The molecule has 0 aliphatic heterocycles. The first kappa shape index (κ1) is 23.4. The van der Waals surface area contributed by atoms with Gasteiger partial charge < -0.3 is 14.8 Å². The van der Waals surface area contributed by atoms with Crippen molar-refractivity contribution in [3.05, 3.63) is 87.4 Å². The van der Waals surface area contributed by atoms with Crippen LogP contribution in [-0.2, 0) is 6.61 Å². The highest BCUT2D eigenvalue weighted by molar-refractivity contribution is 6.32. The van der Waals surface area contributed by atoms with E-state index in [1.807, 2.05) is 56.3 Å². The highest BCUT2D eigenvalue weighted by Gasteiger charge is 2.13. The van der Waals surface area contributed by atoms with Crippen LogP contribution in [-0.4, -0.2) is 18.9 Å². The minimum atomic E-state index is -0.452. The van der Waals surface area contributed by atoms with Crippen molar-refractivity contribution >= 4 is 41.1 Å². The minimum Gasteiger partial charge on any atom is -0.490 e. The van der Waals surface area contributed by atoms with Crippen LogP contribution < -0.4 is 20.2 Å². The third-order valence-electron chi connectivity index (χ3n) is 4.43. The number of hydrazone groups is 1. The van der Waals surface area contributed by atoms with E-state index < -0.39 is 6.03 Å². The zero-order valence-electron chi connectivity index (χ0n) is 17.7. The molecule has 2 amide bonds. The zero-order valence-corrected chi connectivity index (χ0v) is 19.2. The molecule has 0 spiro atoms. The molecule has 6 nitrogen and oxygen atoms in total. The molecule has 166 valence electrons. The summed E-state index contributed by atoms with van der Waals surface area (Å²) in [5.74, 6) is 0.883. The average Bonchev–Trinajstić information content (AvgIpc) is 2.76. The summed E-state index contributed by atoms with van der Waals surface area (Å²) in [5, 5.41) is 7.69. The van der Waals surface area contributed by atoms with Crippen molar-refractivity contribution in [3.63, 3.8) is 0 Å². The topological polar surface area (TPSA) is 72.0 Å². The van der Waals surface area contributed by atoms with E-state index in [-0.39, 0.29) is 6.61 Å². The molecule has 0 atom stereocenters. The van der Waals surface area contributed by atoms with Crippen LogP contribution in [0.5, 0.6) is 11.5 Å². The summed E-state index contributed by atoms with van der Waals surface area (Å²) in [4.78, 5) is 12.1. The summed E-state index contributed by atoms with van der Waals surface area (Å²) < 4.78 is 11.6. The molecular formula is C24H23Cl2N3O3. The second kappa shape index (κ2) is 11.4. The van der Waals surface area contributed by atoms with Crippen LogP contribution in [0.2, 0.25) is 10.0 Å². The highest BCUT2D eigenvalue weighted by Crippen LogP contribution is 2.37. The van der Waals surface area contributed by atoms with Crippen LogP contribution in [0.25, 0.3) is 0 Å². The summed E-state index contributed by atoms with van der Waals surface area (Å²) >= 11 is 12.6. The summed E-state index contributed by atoms with van der Waals surface area (Å²) in [6, 6.07) is 17.9. The summed E-state index contributed by atoms with van der Waals surface area (Å²) in [5.41, 5.74) is 5.57. The SMILES string of the molecule is CCOc1cc(C=NNC(=O)Nc2ccccc2C)cc(Cl)c1OCc1ccccc1Cl. The van der Waals surface area contributed by atoms with Gasteiger partial charge in [0.05, 0.1) is 17.8 Å². The molecule has 0 saturated heterocycles. The normalized spacial score (nSPS) is 10.8. The molecule has 0 unspecified atom stereocenters. The number of urea groups is 1. The summed E-state index contributed by atoms with van der Waals surface area (Å²) in [6.45, 7) is 4.44. The lowest BCUT2D eigenvalue weighted by Gasteiger charge is -2.15. The van der Waals surface area contributed by atoms with E-state index in [1.54, 1.807) is 18.2 Å². The number of nitrogens with one attached hydrogen (secondary N) is 2. The standard InChI is InChI=1S/C24H23Cl2N3O3/c1-3-31-22-13-17(14-27-29-24(30)28-21-11-7-4-8-16(21)2)12-20(26)23(22)32-15-18-9-5-6-10-19(18)25/h4-14H,3,15H2,1-2H3,(H2,28,29,30). The fourth-order valence-corrected chi connectivity index (χ4v) is 3.32. The molecular weight excluding hydrogens is 449 g/mol. The molecule has 0 aliphatic rings. The van der Waals surface area contributed by atoms with Crippen molar-refractivity contribution in [1.29, 1.82) is 0 Å². The molecule has 0 radical (unpaired) electrons. The van der Waals surface area contributed by atoms with Gasteiger partial charge in [0, 0.05) is 16.3 Å². The van der Waals surface area contributed by atoms with Gasteiger partial charge in [-0.1, -0.05) is 59.6 Å². The quantitative estimate of drug-likeness (QED) is 0.293. The van der Waals surface area contributed by atoms with Gasteiger partial charge in [-0.25, -0.2) is 10.2 Å². The number of hydrogen-bond donors (Lipinski definition) is 2. The molecule has 3 rings (SSSR count). The van der Waals surface area contributed by atoms with Gasteiger partial charge in [0.1, 0.15) is 6.61 Å². The number of aryl methyl sites for hydroxylation is 1. The Balaban J connectivity index is 1.68. The number of rotatable bonds is 8. The lowest BCUT2D eigenvalue weighted by atomic mass is 10.2. The Kier molecular flexibility index (Phi) is 8.36. The molecule has 0 saturated carbocycles. The van der Waals surface area contributed by atoms with Crippen LogP contribution in [0.4, 0.5) is 10.5 Å². The number of benzene rings is 3. The average molecular weight is 472 g/mol. The largest absolute Gasteiger partial charge is 0.490 e. The van der Waals surface area contributed by atoms with Crippen molar-refractivity contribution in [3.8, 4) is 11.5 Å². The maximum absolute atomic E-state index is 12.1. The lowest BCUT2D eigenvalue weighted by molar-refractivity contribution is 0.252. The zero-order chi connectivity index (χ0) is 22.9. The molecule has 3 aromatic rings. The van der Waals surface area contributed by atoms with E-state index in [4.69, 9.17) is 32.7 Å². The number of carbonyl (C=O) groups excluding carboxylic acids is 1. The number of ether oxygens (including phenoxy) is 2. The van der Waals surface area contributed by atoms with Gasteiger partial charge in [0.15, 0.2) is 11.5 Å². The fourth-order valence-electron chi connectivity index (χ4n) is 2.86. The first-order chi connectivity index (χ1) is 15.5. The maximum Gasteiger partial charge on any atom is 0.339 e. The molecule has 0 aromatic heterocycles. The predicted molar refractivity (Wildman–Crippen MR) is 129 cm³/mol. The van der Waals surface area contributed by atoms with Crippen molar-refractivity contribution in [2.24, 2.45) is 5.10 Å². The van der Waals surface area contributed by atoms with Gasteiger partial charge in [0.25, 0.3) is 0 Å². The predicted octanol–water partition coefficient (Wildman–Crippen LogP) is 6.44. The van der Waals surface area contributed by atoms with Gasteiger partial charge in [-0.2, -0.15) is 5.10 Å². The molecule has 32 heavy (non-hydrogen) atoms. The van der Waals surface area contributed by atoms with Gasteiger partial charge in [-0.05, 0) is 49.2 Å². The second-order valence-corrected chi connectivity index (χ2v) is 7.60. The Morgan fingerprint density at radius 3 is 2.53 bits per heavy atom. The van der Waals surface area contributed by atoms with E-state index in [1.165, 1.54) is 6.21 Å². The minimum absolute atomic E-state index is 0.244. The van der Waals surface area contributed by atoms with Crippen molar-refractivity contribution in [2.75, 3.05) is 11.9 Å². The maximum atomic E-state index is 12.1. The lowest BCUT2D eigenvalue weighted by Crippen LogP contribution is -2.24. The number of carbonyl (C=O) groups is 1. The molecule has 0 fully saturated rings. The van der Waals surface area contributed by atoms with Gasteiger partial charge >= 0.3 is 6.03 Å². The molecule has 0 heterocycles. The third-order valence-corrected chi connectivity index (χ3v) is 5.08. The number of halogens is 2. The third kappa shape index (κ3) is 6.39. The van der Waals surface area contributed by atoms with Crippen molar-refractivity contribution in [2.45, 2.75) is 20.5 Å². The monoisotopic (exact) mass is 471 g/mol. The molecule has 8 heteroatoms. The fraction of sp³-hybridized carbons (Fsp3) is 0.167. The number of amides is 2. The first-order valence-corrected chi connectivity index (χ1v) is 10.7. The number of anilines is 1. The van der Waals surface area contributed by atoms with Gasteiger partial charge in [-0.15, -0.1) is 0 Å². The van der Waals surface area contributed by atoms with E-state index in [2.05, 4.69) is 15.8 Å². The highest BCUT2D eigenvalue weighted by atomic mass is 35.5. The molecule has 0 aliphatic carbocycles. The van der Waals surface area contributed by atoms with E-state index in [0.29, 0.717) is 39.4 Å². The van der Waals surface area contributed by atoms with E-state index in [0.717, 1.165) is 11.1 Å². The molecule has 0 bridgehead atoms. The molecule has 2 N–H and O–H groups in total. The smallest absolute Gasteiger partial charge is 0.339 e. The van der Waals surface area contributed by atoms with E-state index >= 15 is 0 Å². The van der Waals surface area contributed by atoms with Crippen LogP contribution in [0.15, 0.2) is 65.8 Å². The van der Waals surface area contributed by atoms with Crippen LogP contribution in [0.1, 0.15) is 23.6 Å². The van der Waals surface area contributed by atoms with Crippen LogP contribution in [0.3, 0.4) is 0 Å². The number of nitrogens with zero attached hydrogens (tertiary/aromatic N) is 1. The van der Waals surface area contributed by atoms with Gasteiger partial charge in [0.2, 0.25) is 0 Å². The first-order valence-electron chi connectivity index (χ1n) is 9.96. The van der Waals surface area contributed by atoms with Crippen molar-refractivity contribution in [1.82, 2.24) is 5.43 Å². The Morgan fingerprint density at radius 1 is 1.03 bits per heavy atom. The number of para-hydroxylation sites is 1. The second-order valence-electron chi connectivity index (χ2n) is 6.78. The summed E-state index contributed by atoms with van der Waals surface area (Å²) in [7, 11) is 0. The van der Waals surface area contributed by atoms with Crippen molar-refractivity contribution < 1.29 is 14.3 Å². The molecule has 3 aromatic carbocycles. The number of hydrogen-bond acceptors (Lipinski definition) is 4. The Labute approximate surface area is 197 Å². The van der Waals surface area contributed by atoms with Crippen LogP contribution >= 0.6 is 23.2 Å². The van der Waals surface area contributed by atoms with Crippen LogP contribution in [0, 0.1) is 6.92 Å². The van der Waals surface area contributed by atoms with E-state index in [9.17, 15) is 4.79 Å². The Morgan fingerprint density at radius 2 is 1.78 bits per heavy atom. The summed E-state index contributed by atoms with van der Waals surface area (Å²) in [6.07, 6.45) is 1.48. The van der Waals surface area contributed by atoms with Gasteiger partial charge in [-0.3, -0.25) is 0 Å². The Hall–Kier alpha value is -3.22. The Bertz CT molecular complexity index is 1120.